The summed E-state index contributed by atoms with van der Waals surface area (Å²) >= 11 is 0. The number of hydrogen-bond donors (Lipinski definition) is 1. The molecule has 6 nitrogen and oxygen atoms in total. The van der Waals surface area contributed by atoms with Gasteiger partial charge in [0.2, 0.25) is 5.95 Å². The fourth-order valence-electron chi connectivity index (χ4n) is 2.84. The summed E-state index contributed by atoms with van der Waals surface area (Å²) < 4.78 is 23.2. The first-order chi connectivity index (χ1) is 11.4. The number of nitrogens with one attached hydrogen (secondary N) is 1. The number of benzene rings is 1. The minimum Gasteiger partial charge on any atom is -0.355 e. The van der Waals surface area contributed by atoms with E-state index in [4.69, 9.17) is 0 Å². The lowest BCUT2D eigenvalue weighted by Gasteiger charge is -2.20. The second-order valence-electron chi connectivity index (χ2n) is 6.28. The van der Waals surface area contributed by atoms with Crippen LogP contribution in [0.1, 0.15) is 17.7 Å². The molecule has 7 heteroatoms. The standard InChI is InChI=1S/C17H22N4O2S/c1-13-10-16(21(2)11-14-6-4-3-5-7-14)20-17(18-13)19-15-8-9-24(22,23)12-15/h3-7,10,15H,8-9,11-12H2,1-2H3,(H,18,19,20). The molecular formula is C17H22N4O2S. The molecule has 3 rings (SSSR count). The number of aryl methyl sites for hydroxylation is 1. The van der Waals surface area contributed by atoms with Crippen LogP contribution >= 0.6 is 0 Å². The van der Waals surface area contributed by atoms with Gasteiger partial charge in [0.25, 0.3) is 0 Å². The third-order valence-electron chi connectivity index (χ3n) is 4.06. The van der Waals surface area contributed by atoms with Crippen LogP contribution in [0.5, 0.6) is 0 Å². The van der Waals surface area contributed by atoms with Crippen molar-refractivity contribution in [3.63, 3.8) is 0 Å². The van der Waals surface area contributed by atoms with Crippen LogP contribution in [0.25, 0.3) is 0 Å². The minimum atomic E-state index is -2.92. The Morgan fingerprint density at radius 3 is 2.67 bits per heavy atom. The van der Waals surface area contributed by atoms with E-state index in [0.29, 0.717) is 12.4 Å². The molecule has 1 unspecified atom stereocenters. The second kappa shape index (κ2) is 6.76. The van der Waals surface area contributed by atoms with Crippen molar-refractivity contribution in [2.24, 2.45) is 0 Å². The Labute approximate surface area is 142 Å². The summed E-state index contributed by atoms with van der Waals surface area (Å²) in [6, 6.07) is 12.0. The first-order valence-corrected chi connectivity index (χ1v) is 9.81. The molecule has 0 amide bonds. The molecule has 0 radical (unpaired) electrons. The molecule has 2 heterocycles. The van der Waals surface area contributed by atoms with Gasteiger partial charge in [0, 0.05) is 31.4 Å². The van der Waals surface area contributed by atoms with Gasteiger partial charge in [-0.2, -0.15) is 4.98 Å². The van der Waals surface area contributed by atoms with Crippen LogP contribution in [0, 0.1) is 6.92 Å². The predicted octanol–water partition coefficient (Wildman–Crippen LogP) is 2.02. The molecule has 1 aliphatic heterocycles. The average Bonchev–Trinajstić information content (AvgIpc) is 2.86. The molecule has 0 saturated carbocycles. The smallest absolute Gasteiger partial charge is 0.225 e. The molecule has 1 fully saturated rings. The lowest BCUT2D eigenvalue weighted by atomic mass is 10.2. The van der Waals surface area contributed by atoms with Gasteiger partial charge >= 0.3 is 0 Å². The minimum absolute atomic E-state index is 0.107. The highest BCUT2D eigenvalue weighted by Gasteiger charge is 2.28. The van der Waals surface area contributed by atoms with Gasteiger partial charge in [-0.3, -0.25) is 0 Å². The molecule has 2 aromatic rings. The van der Waals surface area contributed by atoms with Gasteiger partial charge in [-0.25, -0.2) is 13.4 Å². The average molecular weight is 346 g/mol. The van der Waals surface area contributed by atoms with Gasteiger partial charge < -0.3 is 10.2 Å². The van der Waals surface area contributed by atoms with Gasteiger partial charge in [0.1, 0.15) is 5.82 Å². The number of aromatic nitrogens is 2. The van der Waals surface area contributed by atoms with Gasteiger partial charge in [-0.05, 0) is 18.9 Å². The van der Waals surface area contributed by atoms with Crippen LogP contribution in [0.15, 0.2) is 36.4 Å². The second-order valence-corrected chi connectivity index (χ2v) is 8.51. The number of hydrogen-bond acceptors (Lipinski definition) is 6. The molecule has 24 heavy (non-hydrogen) atoms. The third-order valence-corrected chi connectivity index (χ3v) is 5.83. The van der Waals surface area contributed by atoms with E-state index in [-0.39, 0.29) is 17.5 Å². The highest BCUT2D eigenvalue weighted by Crippen LogP contribution is 2.19. The quantitative estimate of drug-likeness (QED) is 0.893. The molecule has 0 aliphatic carbocycles. The summed E-state index contributed by atoms with van der Waals surface area (Å²) in [5.74, 6) is 1.69. The van der Waals surface area contributed by atoms with Crippen molar-refractivity contribution in [1.29, 1.82) is 0 Å². The number of rotatable bonds is 5. The third kappa shape index (κ3) is 4.23. The zero-order valence-electron chi connectivity index (χ0n) is 13.9. The lowest BCUT2D eigenvalue weighted by molar-refractivity contribution is 0.602. The van der Waals surface area contributed by atoms with E-state index in [1.807, 2.05) is 38.2 Å². The van der Waals surface area contributed by atoms with Crippen molar-refractivity contribution in [3.8, 4) is 0 Å². The Bertz CT molecular complexity index is 809. The zero-order valence-corrected chi connectivity index (χ0v) is 14.8. The fraction of sp³-hybridized carbons (Fsp3) is 0.412. The Morgan fingerprint density at radius 2 is 2.00 bits per heavy atom. The SMILES string of the molecule is Cc1cc(N(C)Cc2ccccc2)nc(NC2CCS(=O)(=O)C2)n1. The van der Waals surface area contributed by atoms with E-state index in [1.54, 1.807) is 0 Å². The highest BCUT2D eigenvalue weighted by molar-refractivity contribution is 7.91. The van der Waals surface area contributed by atoms with Crippen molar-refractivity contribution >= 4 is 21.6 Å². The van der Waals surface area contributed by atoms with Gasteiger partial charge in [-0.1, -0.05) is 30.3 Å². The number of nitrogens with zero attached hydrogens (tertiary/aromatic N) is 3. The van der Waals surface area contributed by atoms with E-state index in [1.165, 1.54) is 5.56 Å². The molecule has 1 aromatic carbocycles. The van der Waals surface area contributed by atoms with Crippen LogP contribution in [0.2, 0.25) is 0 Å². The van der Waals surface area contributed by atoms with Crippen molar-refractivity contribution in [1.82, 2.24) is 9.97 Å². The summed E-state index contributed by atoms with van der Waals surface area (Å²) in [7, 11) is -0.937. The van der Waals surface area contributed by atoms with Crippen LogP contribution in [-0.4, -0.2) is 43.0 Å². The summed E-state index contributed by atoms with van der Waals surface area (Å²) in [4.78, 5) is 11.0. The Kier molecular flexibility index (Phi) is 4.71. The summed E-state index contributed by atoms with van der Waals surface area (Å²) in [6.07, 6.45) is 0.606. The first kappa shape index (κ1) is 16.7. The summed E-state index contributed by atoms with van der Waals surface area (Å²) in [5, 5.41) is 3.17. The lowest BCUT2D eigenvalue weighted by Crippen LogP contribution is -2.24. The fourth-order valence-corrected chi connectivity index (χ4v) is 4.52. The van der Waals surface area contributed by atoms with E-state index in [9.17, 15) is 8.42 Å². The van der Waals surface area contributed by atoms with E-state index < -0.39 is 9.84 Å². The summed E-state index contributed by atoms with van der Waals surface area (Å²) in [5.41, 5.74) is 2.05. The largest absolute Gasteiger partial charge is 0.355 e. The topological polar surface area (TPSA) is 75.2 Å². The van der Waals surface area contributed by atoms with Crippen LogP contribution < -0.4 is 10.2 Å². The van der Waals surface area contributed by atoms with Gasteiger partial charge in [0.05, 0.1) is 11.5 Å². The molecule has 1 atom stereocenters. The molecule has 1 N–H and O–H groups in total. The monoisotopic (exact) mass is 346 g/mol. The summed E-state index contributed by atoms with van der Waals surface area (Å²) in [6.45, 7) is 2.66. The molecule has 0 bridgehead atoms. The first-order valence-electron chi connectivity index (χ1n) is 7.99. The maximum Gasteiger partial charge on any atom is 0.225 e. The maximum atomic E-state index is 11.6. The van der Waals surface area contributed by atoms with Gasteiger partial charge in [-0.15, -0.1) is 0 Å². The van der Waals surface area contributed by atoms with Gasteiger partial charge in [0.15, 0.2) is 9.84 Å². The van der Waals surface area contributed by atoms with Crippen LogP contribution in [0.4, 0.5) is 11.8 Å². The number of anilines is 2. The van der Waals surface area contributed by atoms with Crippen molar-refractivity contribution in [2.45, 2.75) is 25.9 Å². The molecule has 0 spiro atoms. The normalized spacial score (nSPS) is 19.2. The Balaban J connectivity index is 1.74. The maximum absolute atomic E-state index is 11.6. The molecular weight excluding hydrogens is 324 g/mol. The van der Waals surface area contributed by atoms with Crippen molar-refractivity contribution < 1.29 is 8.42 Å². The van der Waals surface area contributed by atoms with E-state index in [0.717, 1.165) is 18.1 Å². The van der Waals surface area contributed by atoms with Crippen LogP contribution in [-0.2, 0) is 16.4 Å². The van der Waals surface area contributed by atoms with Crippen LogP contribution in [0.3, 0.4) is 0 Å². The zero-order chi connectivity index (χ0) is 17.2. The Hall–Kier alpha value is -2.15. The van der Waals surface area contributed by atoms with Crippen molar-refractivity contribution in [2.75, 3.05) is 28.8 Å². The molecule has 1 aromatic heterocycles. The molecule has 1 aliphatic rings. The van der Waals surface area contributed by atoms with E-state index >= 15 is 0 Å². The van der Waals surface area contributed by atoms with Crippen molar-refractivity contribution in [3.05, 3.63) is 47.7 Å². The predicted molar refractivity (Wildman–Crippen MR) is 96.0 cm³/mol. The number of sulfone groups is 1. The molecule has 128 valence electrons. The highest BCUT2D eigenvalue weighted by atomic mass is 32.2. The Morgan fingerprint density at radius 1 is 1.25 bits per heavy atom. The van der Waals surface area contributed by atoms with E-state index in [2.05, 4.69) is 32.3 Å². The molecule has 1 saturated heterocycles.